The van der Waals surface area contributed by atoms with Crippen LogP contribution >= 0.6 is 35.6 Å². The molecular formula is C5H6ClNOS2. The molecule has 0 spiro atoms. The molecule has 1 aliphatic rings. The average Bonchev–Trinajstić information content (AvgIpc) is 2.20. The van der Waals surface area contributed by atoms with Gasteiger partial charge in [-0.15, -0.1) is 11.6 Å². The van der Waals surface area contributed by atoms with E-state index in [2.05, 4.69) is 0 Å². The van der Waals surface area contributed by atoms with E-state index >= 15 is 0 Å². The van der Waals surface area contributed by atoms with Crippen LogP contribution in [0.15, 0.2) is 0 Å². The molecule has 0 N–H and O–H groups in total. The van der Waals surface area contributed by atoms with E-state index in [1.165, 1.54) is 11.8 Å². The third-order valence-electron chi connectivity index (χ3n) is 1.15. The number of carbonyl (C=O) groups is 1. The highest BCUT2D eigenvalue weighted by Gasteiger charge is 2.25. The molecule has 0 aliphatic carbocycles. The van der Waals surface area contributed by atoms with Crippen LogP contribution in [-0.4, -0.2) is 33.3 Å². The molecule has 0 aromatic carbocycles. The first kappa shape index (κ1) is 8.30. The third kappa shape index (κ3) is 1.62. The number of hydrogen-bond acceptors (Lipinski definition) is 3. The molecule has 56 valence electrons. The lowest BCUT2D eigenvalue weighted by Gasteiger charge is -2.11. The molecule has 0 aromatic rings. The number of hydrogen-bond donors (Lipinski definition) is 0. The monoisotopic (exact) mass is 195 g/mol. The maximum Gasteiger partial charge on any atom is 0.238 e. The van der Waals surface area contributed by atoms with Gasteiger partial charge < -0.3 is 0 Å². The highest BCUT2D eigenvalue weighted by atomic mass is 35.5. The molecule has 1 heterocycles. The summed E-state index contributed by atoms with van der Waals surface area (Å²) in [7, 11) is 0. The first-order valence-corrected chi connectivity index (χ1v) is 4.71. The molecule has 0 bridgehead atoms. The summed E-state index contributed by atoms with van der Waals surface area (Å²) in [6.07, 6.45) is 0. The van der Waals surface area contributed by atoms with Gasteiger partial charge in [0.1, 0.15) is 4.32 Å². The van der Waals surface area contributed by atoms with Crippen LogP contribution in [0.5, 0.6) is 0 Å². The lowest BCUT2D eigenvalue weighted by atomic mass is 10.5. The van der Waals surface area contributed by atoms with Gasteiger partial charge in [-0.1, -0.05) is 24.0 Å². The summed E-state index contributed by atoms with van der Waals surface area (Å²) in [5.74, 6) is 1.01. The zero-order valence-electron chi connectivity index (χ0n) is 5.17. The summed E-state index contributed by atoms with van der Waals surface area (Å²) < 4.78 is 0.658. The molecule has 5 heteroatoms. The largest absolute Gasteiger partial charge is 0.296 e. The van der Waals surface area contributed by atoms with Crippen molar-refractivity contribution in [1.82, 2.24) is 4.90 Å². The van der Waals surface area contributed by atoms with Crippen LogP contribution in [0.2, 0.25) is 0 Å². The van der Waals surface area contributed by atoms with Gasteiger partial charge in [-0.25, -0.2) is 0 Å². The molecule has 10 heavy (non-hydrogen) atoms. The minimum atomic E-state index is 0.0793. The second-order valence-corrected chi connectivity index (χ2v) is 3.78. The molecule has 0 unspecified atom stereocenters. The van der Waals surface area contributed by atoms with E-state index in [1.807, 2.05) is 0 Å². The molecule has 0 saturated carbocycles. The number of alkyl halides is 1. The number of nitrogens with zero attached hydrogens (tertiary/aromatic N) is 1. The van der Waals surface area contributed by atoms with Gasteiger partial charge in [0.15, 0.2) is 0 Å². The van der Waals surface area contributed by atoms with Crippen molar-refractivity contribution in [1.29, 1.82) is 0 Å². The van der Waals surface area contributed by atoms with Crippen LogP contribution in [0.25, 0.3) is 0 Å². The minimum Gasteiger partial charge on any atom is -0.296 e. The van der Waals surface area contributed by atoms with Crippen LogP contribution in [0.1, 0.15) is 0 Å². The Kier molecular flexibility index (Phi) is 2.95. The molecule has 0 radical (unpaired) electrons. The van der Waals surface area contributed by atoms with Crippen LogP contribution in [0.4, 0.5) is 0 Å². The standard InChI is InChI=1S/C5H6ClNOS2/c6-1-2-7-4(8)3-10-5(7)9/h1-3H2. The zero-order valence-corrected chi connectivity index (χ0v) is 7.56. The van der Waals surface area contributed by atoms with Gasteiger partial charge >= 0.3 is 0 Å². The predicted molar refractivity (Wildman–Crippen MR) is 47.5 cm³/mol. The summed E-state index contributed by atoms with van der Waals surface area (Å²) in [6, 6.07) is 0. The van der Waals surface area contributed by atoms with Crippen LogP contribution in [0, 0.1) is 0 Å². The van der Waals surface area contributed by atoms with E-state index in [0.29, 0.717) is 22.5 Å². The minimum absolute atomic E-state index is 0.0793. The predicted octanol–water partition coefficient (Wildman–Crippen LogP) is 1.09. The fourth-order valence-electron chi connectivity index (χ4n) is 0.682. The Morgan fingerprint density at radius 2 is 2.50 bits per heavy atom. The highest BCUT2D eigenvalue weighted by Crippen LogP contribution is 2.18. The van der Waals surface area contributed by atoms with Gasteiger partial charge in [0.25, 0.3) is 0 Å². The van der Waals surface area contributed by atoms with Gasteiger partial charge in [0.2, 0.25) is 5.91 Å². The van der Waals surface area contributed by atoms with Crippen molar-refractivity contribution in [2.45, 2.75) is 0 Å². The first-order chi connectivity index (χ1) is 4.75. The number of thiocarbonyl (C=S) groups is 1. The second kappa shape index (κ2) is 3.55. The summed E-state index contributed by atoms with van der Waals surface area (Å²) in [5.41, 5.74) is 0. The summed E-state index contributed by atoms with van der Waals surface area (Å²) in [4.78, 5) is 12.5. The van der Waals surface area contributed by atoms with Crippen LogP contribution in [-0.2, 0) is 4.79 Å². The maximum atomic E-state index is 10.9. The number of halogens is 1. The number of carbonyl (C=O) groups excluding carboxylic acids is 1. The van der Waals surface area contributed by atoms with Crippen LogP contribution < -0.4 is 0 Å². The highest BCUT2D eigenvalue weighted by molar-refractivity contribution is 8.23. The molecule has 1 amide bonds. The SMILES string of the molecule is O=C1CSC(=S)N1CCCl. The molecule has 0 atom stereocenters. The van der Waals surface area contributed by atoms with Gasteiger partial charge in [0, 0.05) is 12.4 Å². The Balaban J connectivity index is 2.54. The van der Waals surface area contributed by atoms with Crippen molar-refractivity contribution >= 4 is 45.8 Å². The molecule has 1 fully saturated rings. The average molecular weight is 196 g/mol. The Morgan fingerprint density at radius 1 is 1.80 bits per heavy atom. The molecular weight excluding hydrogens is 190 g/mol. The van der Waals surface area contributed by atoms with Crippen molar-refractivity contribution in [3.05, 3.63) is 0 Å². The van der Waals surface area contributed by atoms with Crippen molar-refractivity contribution in [2.24, 2.45) is 0 Å². The molecule has 1 aliphatic heterocycles. The van der Waals surface area contributed by atoms with E-state index in [4.69, 9.17) is 23.8 Å². The zero-order chi connectivity index (χ0) is 7.56. The summed E-state index contributed by atoms with van der Waals surface area (Å²) >= 11 is 11.7. The first-order valence-electron chi connectivity index (χ1n) is 2.79. The van der Waals surface area contributed by atoms with Crippen molar-refractivity contribution in [2.75, 3.05) is 18.2 Å². The smallest absolute Gasteiger partial charge is 0.238 e. The van der Waals surface area contributed by atoms with Crippen LogP contribution in [0.3, 0.4) is 0 Å². The van der Waals surface area contributed by atoms with Gasteiger partial charge in [0.05, 0.1) is 5.75 Å². The molecule has 1 saturated heterocycles. The van der Waals surface area contributed by atoms with Crippen molar-refractivity contribution in [3.63, 3.8) is 0 Å². The fraction of sp³-hybridized carbons (Fsp3) is 0.600. The maximum absolute atomic E-state index is 10.9. The summed E-state index contributed by atoms with van der Waals surface area (Å²) in [6.45, 7) is 0.548. The number of rotatable bonds is 2. The van der Waals surface area contributed by atoms with Gasteiger partial charge in [-0.3, -0.25) is 9.69 Å². The fourth-order valence-corrected chi connectivity index (χ4v) is 1.97. The van der Waals surface area contributed by atoms with E-state index in [-0.39, 0.29) is 5.91 Å². The van der Waals surface area contributed by atoms with E-state index in [0.717, 1.165) is 0 Å². The Bertz CT molecular complexity index is 157. The molecule has 1 rings (SSSR count). The summed E-state index contributed by atoms with van der Waals surface area (Å²) in [5, 5.41) is 0. The van der Waals surface area contributed by atoms with Crippen molar-refractivity contribution < 1.29 is 4.79 Å². The number of thioether (sulfide) groups is 1. The Morgan fingerprint density at radius 3 is 2.90 bits per heavy atom. The van der Waals surface area contributed by atoms with Gasteiger partial charge in [-0.2, -0.15) is 0 Å². The van der Waals surface area contributed by atoms with E-state index < -0.39 is 0 Å². The van der Waals surface area contributed by atoms with E-state index in [1.54, 1.807) is 4.90 Å². The van der Waals surface area contributed by atoms with E-state index in [9.17, 15) is 4.79 Å². The van der Waals surface area contributed by atoms with Gasteiger partial charge in [-0.05, 0) is 0 Å². The molecule has 0 aromatic heterocycles. The normalized spacial score (nSPS) is 18.7. The topological polar surface area (TPSA) is 20.3 Å². The quantitative estimate of drug-likeness (QED) is 0.486. The Hall–Kier alpha value is 0.200. The molecule has 2 nitrogen and oxygen atoms in total. The Labute approximate surface area is 73.9 Å². The lowest BCUT2D eigenvalue weighted by Crippen LogP contribution is -2.30. The number of amides is 1. The third-order valence-corrected chi connectivity index (χ3v) is 2.75. The van der Waals surface area contributed by atoms with Crippen molar-refractivity contribution in [3.8, 4) is 0 Å². The second-order valence-electron chi connectivity index (χ2n) is 1.79. The lowest BCUT2D eigenvalue weighted by molar-refractivity contribution is -0.123.